The molecule has 5 nitrogen and oxygen atoms in total. The molecule has 0 bridgehead atoms. The predicted molar refractivity (Wildman–Crippen MR) is 75.0 cm³/mol. The van der Waals surface area contributed by atoms with Crippen molar-refractivity contribution >= 4 is 17.5 Å². The number of hydrogen-bond acceptors (Lipinski definition) is 4. The van der Waals surface area contributed by atoms with Gasteiger partial charge in [-0.3, -0.25) is 4.79 Å². The topological polar surface area (TPSA) is 80.9 Å². The van der Waals surface area contributed by atoms with E-state index in [4.69, 9.17) is 5.73 Å². The Balaban J connectivity index is 2.25. The highest BCUT2D eigenvalue weighted by molar-refractivity contribution is 6.04. The molecule has 0 spiro atoms. The Kier molecular flexibility index (Phi) is 3.75. The molecule has 2 aromatic heterocycles. The SMILES string of the molecule is CCc1cc(C(=O)Nc2ncccc2C)cc(N)n1. The lowest BCUT2D eigenvalue weighted by Crippen LogP contribution is -2.15. The Morgan fingerprint density at radius 3 is 2.89 bits per heavy atom. The maximum absolute atomic E-state index is 12.2. The fourth-order valence-corrected chi connectivity index (χ4v) is 1.72. The largest absolute Gasteiger partial charge is 0.384 e. The molecule has 0 aliphatic rings. The third-order valence-corrected chi connectivity index (χ3v) is 2.76. The Labute approximate surface area is 111 Å². The minimum atomic E-state index is -0.231. The molecule has 0 unspecified atom stereocenters. The molecule has 0 aromatic carbocycles. The summed E-state index contributed by atoms with van der Waals surface area (Å²) in [7, 11) is 0. The van der Waals surface area contributed by atoms with E-state index in [1.807, 2.05) is 26.0 Å². The quantitative estimate of drug-likeness (QED) is 0.882. The number of aromatic nitrogens is 2. The van der Waals surface area contributed by atoms with Crippen LogP contribution in [0.25, 0.3) is 0 Å². The first-order chi connectivity index (χ1) is 9.10. The average molecular weight is 256 g/mol. The molecule has 5 heteroatoms. The molecule has 0 atom stereocenters. The van der Waals surface area contributed by atoms with Gasteiger partial charge in [0, 0.05) is 17.5 Å². The van der Waals surface area contributed by atoms with Crippen LogP contribution in [0.4, 0.5) is 11.6 Å². The lowest BCUT2D eigenvalue weighted by molar-refractivity contribution is 0.102. The minimum absolute atomic E-state index is 0.231. The number of hydrogen-bond donors (Lipinski definition) is 2. The molecule has 2 aromatic rings. The molecule has 0 radical (unpaired) electrons. The molecule has 0 saturated carbocycles. The van der Waals surface area contributed by atoms with E-state index in [1.165, 1.54) is 0 Å². The van der Waals surface area contributed by atoms with Crippen molar-refractivity contribution in [2.75, 3.05) is 11.1 Å². The molecule has 1 amide bonds. The number of anilines is 2. The summed E-state index contributed by atoms with van der Waals surface area (Å²) >= 11 is 0. The summed E-state index contributed by atoms with van der Waals surface area (Å²) in [4.78, 5) is 20.4. The highest BCUT2D eigenvalue weighted by Crippen LogP contribution is 2.13. The number of rotatable bonds is 3. The first-order valence-corrected chi connectivity index (χ1v) is 6.09. The molecule has 0 fully saturated rings. The van der Waals surface area contributed by atoms with Crippen molar-refractivity contribution in [1.29, 1.82) is 0 Å². The van der Waals surface area contributed by atoms with Crippen LogP contribution in [-0.2, 0) is 6.42 Å². The number of pyridine rings is 2. The fraction of sp³-hybridized carbons (Fsp3) is 0.214. The van der Waals surface area contributed by atoms with Gasteiger partial charge in [-0.1, -0.05) is 13.0 Å². The number of nitrogen functional groups attached to an aromatic ring is 1. The van der Waals surface area contributed by atoms with Crippen molar-refractivity contribution < 1.29 is 4.79 Å². The monoisotopic (exact) mass is 256 g/mol. The van der Waals surface area contributed by atoms with Crippen molar-refractivity contribution in [2.24, 2.45) is 0 Å². The summed E-state index contributed by atoms with van der Waals surface area (Å²) in [6.07, 6.45) is 2.37. The summed E-state index contributed by atoms with van der Waals surface area (Å²) < 4.78 is 0. The maximum Gasteiger partial charge on any atom is 0.257 e. The molecular weight excluding hydrogens is 240 g/mol. The van der Waals surface area contributed by atoms with Gasteiger partial charge in [-0.2, -0.15) is 0 Å². The van der Waals surface area contributed by atoms with Crippen molar-refractivity contribution in [3.05, 3.63) is 47.3 Å². The van der Waals surface area contributed by atoms with Crippen LogP contribution in [0.15, 0.2) is 30.5 Å². The van der Waals surface area contributed by atoms with Gasteiger partial charge in [-0.15, -0.1) is 0 Å². The number of carbonyl (C=O) groups is 1. The van der Waals surface area contributed by atoms with Crippen LogP contribution < -0.4 is 11.1 Å². The molecule has 2 rings (SSSR count). The molecule has 19 heavy (non-hydrogen) atoms. The third-order valence-electron chi connectivity index (χ3n) is 2.76. The second kappa shape index (κ2) is 5.48. The van der Waals surface area contributed by atoms with Crippen LogP contribution in [0.2, 0.25) is 0 Å². The number of aryl methyl sites for hydroxylation is 2. The standard InChI is InChI=1S/C14H16N4O/c1-3-11-7-10(8-12(15)17-11)14(19)18-13-9(2)5-4-6-16-13/h4-8H,3H2,1-2H3,(H2,15,17)(H,16,18,19). The van der Waals surface area contributed by atoms with E-state index >= 15 is 0 Å². The molecule has 98 valence electrons. The Bertz CT molecular complexity index is 610. The third kappa shape index (κ3) is 3.07. The van der Waals surface area contributed by atoms with E-state index in [0.29, 0.717) is 17.2 Å². The lowest BCUT2D eigenvalue weighted by atomic mass is 10.1. The molecular formula is C14H16N4O. The Morgan fingerprint density at radius 1 is 1.42 bits per heavy atom. The van der Waals surface area contributed by atoms with E-state index in [-0.39, 0.29) is 5.91 Å². The Hall–Kier alpha value is -2.43. The van der Waals surface area contributed by atoms with E-state index in [9.17, 15) is 4.79 Å². The molecule has 3 N–H and O–H groups in total. The van der Waals surface area contributed by atoms with Crippen LogP contribution in [0, 0.1) is 6.92 Å². The highest BCUT2D eigenvalue weighted by Gasteiger charge is 2.10. The minimum Gasteiger partial charge on any atom is -0.384 e. The highest BCUT2D eigenvalue weighted by atomic mass is 16.1. The molecule has 2 heterocycles. The van der Waals surface area contributed by atoms with Crippen molar-refractivity contribution in [3.63, 3.8) is 0 Å². The van der Waals surface area contributed by atoms with E-state index in [0.717, 1.165) is 17.7 Å². The second-order valence-electron chi connectivity index (χ2n) is 4.25. The van der Waals surface area contributed by atoms with Crippen LogP contribution >= 0.6 is 0 Å². The summed E-state index contributed by atoms with van der Waals surface area (Å²) in [6, 6.07) is 7.02. The first kappa shape index (κ1) is 13.0. The number of nitrogens with zero attached hydrogens (tertiary/aromatic N) is 2. The zero-order valence-corrected chi connectivity index (χ0v) is 11.0. The normalized spacial score (nSPS) is 10.2. The number of nitrogens with two attached hydrogens (primary N) is 1. The smallest absolute Gasteiger partial charge is 0.257 e. The van der Waals surface area contributed by atoms with Crippen LogP contribution in [0.3, 0.4) is 0 Å². The lowest BCUT2D eigenvalue weighted by Gasteiger charge is -2.08. The van der Waals surface area contributed by atoms with Gasteiger partial charge in [0.25, 0.3) is 5.91 Å². The van der Waals surface area contributed by atoms with E-state index < -0.39 is 0 Å². The van der Waals surface area contributed by atoms with Gasteiger partial charge in [-0.25, -0.2) is 9.97 Å². The zero-order valence-electron chi connectivity index (χ0n) is 11.0. The number of amides is 1. The van der Waals surface area contributed by atoms with E-state index in [1.54, 1.807) is 18.3 Å². The predicted octanol–water partition coefficient (Wildman–Crippen LogP) is 2.18. The maximum atomic E-state index is 12.2. The van der Waals surface area contributed by atoms with Gasteiger partial charge < -0.3 is 11.1 Å². The van der Waals surface area contributed by atoms with Gasteiger partial charge >= 0.3 is 0 Å². The second-order valence-corrected chi connectivity index (χ2v) is 4.25. The van der Waals surface area contributed by atoms with Gasteiger partial charge in [-0.05, 0) is 37.1 Å². The average Bonchev–Trinajstić information content (AvgIpc) is 2.40. The van der Waals surface area contributed by atoms with Gasteiger partial charge in [0.2, 0.25) is 0 Å². The van der Waals surface area contributed by atoms with Crippen LogP contribution in [0.5, 0.6) is 0 Å². The number of nitrogens with one attached hydrogen (secondary N) is 1. The van der Waals surface area contributed by atoms with Gasteiger partial charge in [0.15, 0.2) is 0 Å². The Morgan fingerprint density at radius 2 is 2.21 bits per heavy atom. The van der Waals surface area contributed by atoms with Crippen LogP contribution in [-0.4, -0.2) is 15.9 Å². The fourth-order valence-electron chi connectivity index (χ4n) is 1.72. The summed E-state index contributed by atoms with van der Waals surface area (Å²) in [6.45, 7) is 3.85. The van der Waals surface area contributed by atoms with E-state index in [2.05, 4.69) is 15.3 Å². The van der Waals surface area contributed by atoms with Crippen molar-refractivity contribution in [1.82, 2.24) is 9.97 Å². The van der Waals surface area contributed by atoms with Crippen LogP contribution in [0.1, 0.15) is 28.5 Å². The summed E-state index contributed by atoms with van der Waals surface area (Å²) in [5.74, 6) is 0.675. The first-order valence-electron chi connectivity index (χ1n) is 6.09. The van der Waals surface area contributed by atoms with Gasteiger partial charge in [0.05, 0.1) is 0 Å². The molecule has 0 saturated heterocycles. The summed E-state index contributed by atoms with van der Waals surface area (Å²) in [5, 5.41) is 2.77. The zero-order chi connectivity index (χ0) is 13.8. The van der Waals surface area contributed by atoms with Crippen molar-refractivity contribution in [3.8, 4) is 0 Å². The number of carbonyl (C=O) groups excluding carboxylic acids is 1. The molecule has 0 aliphatic carbocycles. The van der Waals surface area contributed by atoms with Gasteiger partial charge in [0.1, 0.15) is 11.6 Å². The van der Waals surface area contributed by atoms with Crippen molar-refractivity contribution in [2.45, 2.75) is 20.3 Å². The molecule has 0 aliphatic heterocycles. The summed E-state index contributed by atoms with van der Waals surface area (Å²) in [5.41, 5.74) is 7.89.